The average molecular weight is 327 g/mol. The first kappa shape index (κ1) is 16.8. The molecule has 23 heavy (non-hydrogen) atoms. The summed E-state index contributed by atoms with van der Waals surface area (Å²) in [6.07, 6.45) is -4.82. The Bertz CT molecular complexity index is 672. The molecule has 0 heterocycles. The van der Waals surface area contributed by atoms with Crippen molar-refractivity contribution < 1.29 is 27.1 Å². The monoisotopic (exact) mass is 327 g/mol. The summed E-state index contributed by atoms with van der Waals surface area (Å²) < 4.78 is 55.8. The van der Waals surface area contributed by atoms with E-state index in [1.807, 2.05) is 30.3 Å². The molecule has 2 aromatic carbocycles. The van der Waals surface area contributed by atoms with Crippen molar-refractivity contribution in [2.45, 2.75) is 12.7 Å². The summed E-state index contributed by atoms with van der Waals surface area (Å²) in [5.74, 6) is -2.11. The summed E-state index contributed by atoms with van der Waals surface area (Å²) >= 11 is 0. The van der Waals surface area contributed by atoms with Gasteiger partial charge in [0, 0.05) is 6.54 Å². The van der Waals surface area contributed by atoms with Gasteiger partial charge in [0.1, 0.15) is 11.6 Å². The highest BCUT2D eigenvalue weighted by Crippen LogP contribution is 2.33. The number of hydrogen-bond acceptors (Lipinski definition) is 2. The number of alkyl halides is 3. The van der Waals surface area contributed by atoms with Crippen molar-refractivity contribution in [3.8, 4) is 5.75 Å². The number of rotatable bonds is 5. The molecule has 2 rings (SSSR count). The maximum Gasteiger partial charge on any atom is 0.419 e. The second kappa shape index (κ2) is 7.13. The third-order valence-electron chi connectivity index (χ3n) is 2.95. The van der Waals surface area contributed by atoms with Crippen LogP contribution in [-0.2, 0) is 17.5 Å². The smallest absolute Gasteiger partial charge is 0.419 e. The number of hydrogen-bond donors (Lipinski definition) is 1. The maximum atomic E-state index is 13.1. The molecule has 7 heteroatoms. The van der Waals surface area contributed by atoms with Crippen molar-refractivity contribution >= 4 is 5.91 Å². The predicted molar refractivity (Wildman–Crippen MR) is 75.2 cm³/mol. The van der Waals surface area contributed by atoms with Gasteiger partial charge in [-0.1, -0.05) is 30.3 Å². The van der Waals surface area contributed by atoms with E-state index in [2.05, 4.69) is 5.32 Å². The Morgan fingerprint density at radius 1 is 1.09 bits per heavy atom. The first-order valence-electron chi connectivity index (χ1n) is 6.66. The summed E-state index contributed by atoms with van der Waals surface area (Å²) in [5, 5.41) is 2.57. The van der Waals surface area contributed by atoms with Crippen LogP contribution in [-0.4, -0.2) is 12.5 Å². The number of benzene rings is 2. The molecule has 122 valence electrons. The second-order valence-corrected chi connectivity index (χ2v) is 4.69. The molecule has 0 aromatic heterocycles. The molecule has 0 aliphatic heterocycles. The lowest BCUT2D eigenvalue weighted by Crippen LogP contribution is -2.28. The van der Waals surface area contributed by atoms with Gasteiger partial charge >= 0.3 is 6.18 Å². The molecule has 1 amide bonds. The number of carbonyl (C=O) groups is 1. The van der Waals surface area contributed by atoms with Gasteiger partial charge in [0.25, 0.3) is 5.91 Å². The molecule has 0 aliphatic carbocycles. The van der Waals surface area contributed by atoms with E-state index in [9.17, 15) is 22.4 Å². The highest BCUT2D eigenvalue weighted by atomic mass is 19.4. The lowest BCUT2D eigenvalue weighted by molar-refractivity contribution is -0.140. The molecule has 0 spiro atoms. The van der Waals surface area contributed by atoms with Gasteiger partial charge in [-0.15, -0.1) is 0 Å². The Kier molecular flexibility index (Phi) is 5.20. The van der Waals surface area contributed by atoms with Gasteiger partial charge in [-0.25, -0.2) is 4.39 Å². The van der Waals surface area contributed by atoms with Gasteiger partial charge in [-0.3, -0.25) is 4.79 Å². The molecule has 2 aromatic rings. The fraction of sp³-hybridized carbons (Fsp3) is 0.188. The van der Waals surface area contributed by atoms with Crippen LogP contribution in [0.2, 0.25) is 0 Å². The molecule has 0 radical (unpaired) electrons. The average Bonchev–Trinajstić information content (AvgIpc) is 2.52. The first-order valence-corrected chi connectivity index (χ1v) is 6.66. The van der Waals surface area contributed by atoms with Crippen LogP contribution in [0.5, 0.6) is 5.75 Å². The van der Waals surface area contributed by atoms with Crippen molar-refractivity contribution in [2.24, 2.45) is 0 Å². The van der Waals surface area contributed by atoms with Gasteiger partial charge in [-0.05, 0) is 23.8 Å². The summed E-state index contributed by atoms with van der Waals surface area (Å²) in [6.45, 7) is -0.185. The fourth-order valence-electron chi connectivity index (χ4n) is 1.81. The van der Waals surface area contributed by atoms with Crippen molar-refractivity contribution in [1.82, 2.24) is 5.32 Å². The van der Waals surface area contributed by atoms with Crippen LogP contribution < -0.4 is 10.1 Å². The summed E-state index contributed by atoms with van der Waals surface area (Å²) in [4.78, 5) is 11.6. The van der Waals surface area contributed by atoms with E-state index in [-0.39, 0.29) is 12.3 Å². The number of halogens is 4. The summed E-state index contributed by atoms with van der Waals surface area (Å²) in [5.41, 5.74) is -0.554. The van der Waals surface area contributed by atoms with Crippen LogP contribution in [0.1, 0.15) is 11.1 Å². The molecular weight excluding hydrogens is 314 g/mol. The zero-order valence-corrected chi connectivity index (χ0v) is 11.9. The van der Waals surface area contributed by atoms with Crippen molar-refractivity contribution in [3.63, 3.8) is 0 Å². The van der Waals surface area contributed by atoms with E-state index in [0.717, 1.165) is 11.6 Å². The van der Waals surface area contributed by atoms with Crippen LogP contribution in [0.4, 0.5) is 17.6 Å². The molecule has 0 atom stereocenters. The third kappa shape index (κ3) is 4.98. The van der Waals surface area contributed by atoms with E-state index in [0.29, 0.717) is 12.1 Å². The van der Waals surface area contributed by atoms with Crippen LogP contribution in [0.15, 0.2) is 48.5 Å². The summed E-state index contributed by atoms with van der Waals surface area (Å²) in [6, 6.07) is 11.3. The van der Waals surface area contributed by atoms with Gasteiger partial charge in [0.15, 0.2) is 6.61 Å². The van der Waals surface area contributed by atoms with Crippen LogP contribution in [0.3, 0.4) is 0 Å². The van der Waals surface area contributed by atoms with Gasteiger partial charge in [0.05, 0.1) is 5.56 Å². The molecule has 0 saturated carbocycles. The highest BCUT2D eigenvalue weighted by molar-refractivity contribution is 5.77. The Morgan fingerprint density at radius 2 is 1.78 bits per heavy atom. The Balaban J connectivity index is 1.89. The topological polar surface area (TPSA) is 38.3 Å². The number of nitrogens with one attached hydrogen (secondary N) is 1. The number of carbonyl (C=O) groups excluding carboxylic acids is 1. The zero-order valence-electron chi connectivity index (χ0n) is 11.9. The second-order valence-electron chi connectivity index (χ2n) is 4.69. The van der Waals surface area contributed by atoms with Gasteiger partial charge in [0.2, 0.25) is 0 Å². The highest BCUT2D eigenvalue weighted by Gasteiger charge is 2.34. The van der Waals surface area contributed by atoms with E-state index in [4.69, 9.17) is 4.74 Å². The van der Waals surface area contributed by atoms with Crippen molar-refractivity contribution in [3.05, 3.63) is 65.5 Å². The largest absolute Gasteiger partial charge is 0.484 e. The molecule has 0 saturated heterocycles. The Morgan fingerprint density at radius 3 is 2.43 bits per heavy atom. The van der Waals surface area contributed by atoms with Gasteiger partial charge < -0.3 is 10.1 Å². The molecule has 3 nitrogen and oxygen atoms in total. The molecule has 0 aliphatic rings. The van der Waals surface area contributed by atoms with E-state index in [1.54, 1.807) is 0 Å². The molecular formula is C16H13F4NO2. The summed E-state index contributed by atoms with van der Waals surface area (Å²) in [7, 11) is 0. The zero-order chi connectivity index (χ0) is 16.9. The normalized spacial score (nSPS) is 11.1. The minimum Gasteiger partial charge on any atom is -0.484 e. The lowest BCUT2D eigenvalue weighted by Gasteiger charge is -2.11. The van der Waals surface area contributed by atoms with Crippen molar-refractivity contribution in [1.29, 1.82) is 0 Å². The Hall–Kier alpha value is -2.57. The predicted octanol–water partition coefficient (Wildman–Crippen LogP) is 3.54. The molecule has 0 fully saturated rings. The minimum atomic E-state index is -4.82. The third-order valence-corrected chi connectivity index (χ3v) is 2.95. The maximum absolute atomic E-state index is 13.1. The first-order chi connectivity index (χ1) is 10.9. The van der Waals surface area contributed by atoms with E-state index in [1.165, 1.54) is 0 Å². The molecule has 1 N–H and O–H groups in total. The fourth-order valence-corrected chi connectivity index (χ4v) is 1.81. The van der Waals surface area contributed by atoms with Crippen LogP contribution in [0.25, 0.3) is 0 Å². The van der Waals surface area contributed by atoms with E-state index >= 15 is 0 Å². The quantitative estimate of drug-likeness (QED) is 0.853. The van der Waals surface area contributed by atoms with E-state index < -0.39 is 30.1 Å². The molecule has 0 bridgehead atoms. The van der Waals surface area contributed by atoms with Crippen LogP contribution in [0, 0.1) is 5.82 Å². The SMILES string of the molecule is O=C(COc1ccc(F)c(C(F)(F)F)c1)NCc1ccccc1. The molecule has 0 unspecified atom stereocenters. The number of ether oxygens (including phenoxy) is 1. The van der Waals surface area contributed by atoms with Crippen LogP contribution >= 0.6 is 0 Å². The number of amides is 1. The minimum absolute atomic E-state index is 0.228. The Labute approximate surface area is 129 Å². The standard InChI is InChI=1S/C16H13F4NO2/c17-14-7-6-12(8-13(14)16(18,19)20)23-10-15(22)21-9-11-4-2-1-3-5-11/h1-8H,9-10H2,(H,21,22). The lowest BCUT2D eigenvalue weighted by atomic mass is 10.2. The van der Waals surface area contributed by atoms with Gasteiger partial charge in [-0.2, -0.15) is 13.2 Å². The van der Waals surface area contributed by atoms with Crippen molar-refractivity contribution in [2.75, 3.05) is 6.61 Å².